The second-order valence-corrected chi connectivity index (χ2v) is 7.43. The third kappa shape index (κ3) is 4.62. The lowest BCUT2D eigenvalue weighted by molar-refractivity contribution is 0.0942. The molecule has 156 valence electrons. The summed E-state index contributed by atoms with van der Waals surface area (Å²) in [5.74, 6) is 1.17. The summed E-state index contributed by atoms with van der Waals surface area (Å²) in [6, 6.07) is 13.7. The van der Waals surface area contributed by atoms with Crippen molar-refractivity contribution < 1.29 is 9.53 Å². The first-order chi connectivity index (χ1) is 14.7. The van der Waals surface area contributed by atoms with Crippen molar-refractivity contribution in [2.45, 2.75) is 32.2 Å². The molecule has 1 aliphatic heterocycles. The van der Waals surface area contributed by atoms with Crippen LogP contribution in [0.3, 0.4) is 0 Å². The van der Waals surface area contributed by atoms with E-state index < -0.39 is 0 Å². The van der Waals surface area contributed by atoms with E-state index in [0.29, 0.717) is 12.3 Å². The third-order valence-electron chi connectivity index (χ3n) is 5.33. The van der Waals surface area contributed by atoms with Gasteiger partial charge in [0.2, 0.25) is 0 Å². The van der Waals surface area contributed by atoms with Crippen LogP contribution < -0.4 is 15.0 Å². The van der Waals surface area contributed by atoms with Crippen LogP contribution in [-0.2, 0) is 6.54 Å². The summed E-state index contributed by atoms with van der Waals surface area (Å²) in [6.07, 6.45) is 8.57. The van der Waals surface area contributed by atoms with Gasteiger partial charge in [-0.3, -0.25) is 4.79 Å². The summed E-state index contributed by atoms with van der Waals surface area (Å²) in [5, 5.41) is 7.32. The summed E-state index contributed by atoms with van der Waals surface area (Å²) in [4.78, 5) is 19.6. The van der Waals surface area contributed by atoms with Crippen molar-refractivity contribution >= 4 is 11.7 Å². The van der Waals surface area contributed by atoms with Gasteiger partial charge in [-0.15, -0.1) is 0 Å². The fourth-order valence-electron chi connectivity index (χ4n) is 3.65. The minimum atomic E-state index is -0.280. The molecule has 0 spiro atoms. The Kier molecular flexibility index (Phi) is 6.27. The highest BCUT2D eigenvalue weighted by molar-refractivity contribution is 5.94. The van der Waals surface area contributed by atoms with Gasteiger partial charge in [0.1, 0.15) is 5.82 Å². The van der Waals surface area contributed by atoms with Gasteiger partial charge in [0.05, 0.1) is 19.0 Å². The van der Waals surface area contributed by atoms with E-state index >= 15 is 0 Å². The molecule has 1 amide bonds. The normalized spacial score (nSPS) is 14.2. The first kappa shape index (κ1) is 19.9. The highest BCUT2D eigenvalue weighted by atomic mass is 16.5. The molecular formula is C23H27N5O2. The number of carbonyl (C=O) groups excluding carboxylic acids is 1. The first-order valence-electron chi connectivity index (χ1n) is 10.4. The number of ether oxygens (including phenoxy) is 1. The Balaban J connectivity index is 1.40. The van der Waals surface area contributed by atoms with Crippen molar-refractivity contribution in [2.75, 3.05) is 25.1 Å². The van der Waals surface area contributed by atoms with Crippen molar-refractivity contribution in [2.24, 2.45) is 0 Å². The van der Waals surface area contributed by atoms with E-state index in [9.17, 15) is 4.79 Å². The summed E-state index contributed by atoms with van der Waals surface area (Å²) >= 11 is 0. The number of nitrogens with zero attached hydrogens (tertiary/aromatic N) is 4. The average molecular weight is 406 g/mol. The number of rotatable bonds is 6. The molecule has 2 aromatic heterocycles. The van der Waals surface area contributed by atoms with Crippen LogP contribution in [0.15, 0.2) is 54.9 Å². The van der Waals surface area contributed by atoms with E-state index in [1.807, 2.05) is 48.7 Å². The molecule has 1 aromatic carbocycles. The minimum absolute atomic E-state index is 0.260. The Morgan fingerprint density at radius 1 is 1.07 bits per heavy atom. The predicted molar refractivity (Wildman–Crippen MR) is 116 cm³/mol. The fourth-order valence-corrected chi connectivity index (χ4v) is 3.65. The highest BCUT2D eigenvalue weighted by Crippen LogP contribution is 2.20. The lowest BCUT2D eigenvalue weighted by Crippen LogP contribution is -2.25. The van der Waals surface area contributed by atoms with E-state index in [2.05, 4.69) is 20.3 Å². The Hall–Kier alpha value is -3.35. The molecule has 0 aliphatic carbocycles. The topological polar surface area (TPSA) is 72.3 Å². The Morgan fingerprint density at radius 3 is 2.50 bits per heavy atom. The number of hydrogen-bond acceptors (Lipinski definition) is 5. The van der Waals surface area contributed by atoms with Gasteiger partial charge in [0.25, 0.3) is 5.91 Å². The number of aromatic nitrogens is 3. The maximum absolute atomic E-state index is 12.7. The van der Waals surface area contributed by atoms with Gasteiger partial charge in [-0.25, -0.2) is 9.67 Å². The monoisotopic (exact) mass is 405 g/mol. The molecule has 7 nitrogen and oxygen atoms in total. The van der Waals surface area contributed by atoms with E-state index in [1.165, 1.54) is 32.8 Å². The van der Waals surface area contributed by atoms with Crippen molar-refractivity contribution in [3.05, 3.63) is 66.1 Å². The molecule has 30 heavy (non-hydrogen) atoms. The largest absolute Gasteiger partial charge is 0.493 e. The quantitative estimate of drug-likeness (QED) is 0.679. The van der Waals surface area contributed by atoms with Crippen LogP contribution in [0.2, 0.25) is 0 Å². The highest BCUT2D eigenvalue weighted by Gasteiger charge is 2.18. The number of pyridine rings is 1. The SMILES string of the molecule is COc1cn(-c2ccccc2)nc1C(=O)NCc1ccc(N2CCCCCC2)nc1. The number of benzene rings is 1. The van der Waals surface area contributed by atoms with Gasteiger partial charge < -0.3 is 15.0 Å². The molecule has 0 bridgehead atoms. The van der Waals surface area contributed by atoms with Gasteiger partial charge in [-0.1, -0.05) is 37.1 Å². The van der Waals surface area contributed by atoms with E-state index in [1.54, 1.807) is 10.9 Å². The molecule has 3 aromatic rings. The number of hydrogen-bond donors (Lipinski definition) is 1. The van der Waals surface area contributed by atoms with Crippen LogP contribution >= 0.6 is 0 Å². The molecule has 1 N–H and O–H groups in total. The molecule has 0 atom stereocenters. The van der Waals surface area contributed by atoms with Crippen molar-refractivity contribution in [1.29, 1.82) is 0 Å². The molecule has 4 rings (SSSR count). The molecule has 7 heteroatoms. The maximum Gasteiger partial charge on any atom is 0.275 e. The lowest BCUT2D eigenvalue weighted by Gasteiger charge is -2.21. The van der Waals surface area contributed by atoms with Gasteiger partial charge in [0.15, 0.2) is 11.4 Å². The molecule has 1 aliphatic rings. The zero-order chi connectivity index (χ0) is 20.8. The molecule has 0 unspecified atom stereocenters. The summed E-state index contributed by atoms with van der Waals surface area (Å²) < 4.78 is 7.00. The lowest BCUT2D eigenvalue weighted by atomic mass is 10.2. The molecular weight excluding hydrogens is 378 g/mol. The summed E-state index contributed by atoms with van der Waals surface area (Å²) in [7, 11) is 1.54. The van der Waals surface area contributed by atoms with Crippen molar-refractivity contribution in [1.82, 2.24) is 20.1 Å². The van der Waals surface area contributed by atoms with Crippen LogP contribution in [0.1, 0.15) is 41.7 Å². The van der Waals surface area contributed by atoms with Crippen LogP contribution in [0.25, 0.3) is 5.69 Å². The smallest absolute Gasteiger partial charge is 0.275 e. The van der Waals surface area contributed by atoms with Gasteiger partial charge >= 0.3 is 0 Å². The second kappa shape index (κ2) is 9.43. The molecule has 0 radical (unpaired) electrons. The molecule has 3 heterocycles. The number of carbonyl (C=O) groups is 1. The number of amides is 1. The first-order valence-corrected chi connectivity index (χ1v) is 10.4. The van der Waals surface area contributed by atoms with E-state index in [-0.39, 0.29) is 11.6 Å². The van der Waals surface area contributed by atoms with Crippen LogP contribution in [0.5, 0.6) is 5.75 Å². The van der Waals surface area contributed by atoms with E-state index in [4.69, 9.17) is 4.74 Å². The Labute approximate surface area is 176 Å². The van der Waals surface area contributed by atoms with Crippen LogP contribution in [0, 0.1) is 0 Å². The third-order valence-corrected chi connectivity index (χ3v) is 5.33. The fraction of sp³-hybridized carbons (Fsp3) is 0.348. The average Bonchev–Trinajstić information content (AvgIpc) is 3.05. The predicted octanol–water partition coefficient (Wildman–Crippen LogP) is 3.59. The van der Waals surface area contributed by atoms with E-state index in [0.717, 1.165) is 30.2 Å². The maximum atomic E-state index is 12.7. The van der Waals surface area contributed by atoms with Gasteiger partial charge in [0, 0.05) is 25.8 Å². The summed E-state index contributed by atoms with van der Waals surface area (Å²) in [6.45, 7) is 2.51. The number of nitrogens with one attached hydrogen (secondary N) is 1. The summed E-state index contributed by atoms with van der Waals surface area (Å²) in [5.41, 5.74) is 2.07. The zero-order valence-electron chi connectivity index (χ0n) is 17.3. The van der Waals surface area contributed by atoms with Gasteiger partial charge in [-0.05, 0) is 36.6 Å². The van der Waals surface area contributed by atoms with Crippen LogP contribution in [-0.4, -0.2) is 40.9 Å². The number of methoxy groups -OCH3 is 1. The van der Waals surface area contributed by atoms with Gasteiger partial charge in [-0.2, -0.15) is 5.10 Å². The Bertz CT molecular complexity index is 961. The second-order valence-electron chi connectivity index (χ2n) is 7.43. The van der Waals surface area contributed by atoms with Crippen molar-refractivity contribution in [3.63, 3.8) is 0 Å². The van der Waals surface area contributed by atoms with Crippen molar-refractivity contribution in [3.8, 4) is 11.4 Å². The number of anilines is 1. The number of para-hydroxylation sites is 1. The van der Waals surface area contributed by atoms with Crippen LogP contribution in [0.4, 0.5) is 5.82 Å². The molecule has 1 fully saturated rings. The zero-order valence-corrected chi connectivity index (χ0v) is 17.3. The minimum Gasteiger partial charge on any atom is -0.493 e. The standard InChI is InChI=1S/C23H27N5O2/c1-30-20-17-28(19-9-5-4-6-10-19)26-22(20)23(29)25-16-18-11-12-21(24-15-18)27-13-7-2-3-8-14-27/h4-6,9-12,15,17H,2-3,7-8,13-14,16H2,1H3,(H,25,29). The molecule has 1 saturated heterocycles. The molecule has 0 saturated carbocycles. The Morgan fingerprint density at radius 2 is 1.83 bits per heavy atom.